The molecule has 0 aliphatic heterocycles. The van der Waals surface area contributed by atoms with E-state index in [1.807, 2.05) is 13.8 Å². The first-order valence-electron chi connectivity index (χ1n) is 8.13. The number of aromatic nitrogens is 2. The third-order valence-corrected chi connectivity index (χ3v) is 3.90. The van der Waals surface area contributed by atoms with Crippen LogP contribution in [0.4, 0.5) is 11.5 Å². The van der Waals surface area contributed by atoms with Crippen LogP contribution in [0.1, 0.15) is 43.6 Å². The Morgan fingerprint density at radius 2 is 1.92 bits per heavy atom. The van der Waals surface area contributed by atoms with Gasteiger partial charge >= 0.3 is 5.97 Å². The number of nitrogens with zero attached hydrogens (tertiary/aromatic N) is 3. The van der Waals surface area contributed by atoms with Gasteiger partial charge in [0.1, 0.15) is 5.82 Å². The van der Waals surface area contributed by atoms with Crippen LogP contribution in [0.3, 0.4) is 0 Å². The second-order valence-electron chi connectivity index (χ2n) is 5.76. The smallest absolute Gasteiger partial charge is 0.338 e. The number of non-ortho nitro benzene ring substituents is 1. The van der Waals surface area contributed by atoms with Crippen LogP contribution in [0.5, 0.6) is 0 Å². The van der Waals surface area contributed by atoms with Gasteiger partial charge in [-0.2, -0.15) is 5.10 Å². The second kappa shape index (κ2) is 8.24. The van der Waals surface area contributed by atoms with Gasteiger partial charge in [0.05, 0.1) is 22.7 Å². The molecule has 2 atom stereocenters. The van der Waals surface area contributed by atoms with Gasteiger partial charge in [-0.05, 0) is 32.4 Å². The van der Waals surface area contributed by atoms with Crippen molar-refractivity contribution >= 4 is 23.4 Å². The molecule has 138 valence electrons. The van der Waals surface area contributed by atoms with E-state index in [2.05, 4.69) is 10.4 Å². The maximum atomic E-state index is 12.3. The monoisotopic (exact) mass is 360 g/mol. The van der Waals surface area contributed by atoms with Crippen molar-refractivity contribution < 1.29 is 19.2 Å². The Balaban J connectivity index is 1.99. The van der Waals surface area contributed by atoms with Crippen molar-refractivity contribution in [2.24, 2.45) is 0 Å². The van der Waals surface area contributed by atoms with Crippen LogP contribution in [0, 0.1) is 10.1 Å². The standard InChI is InChI=1S/C17H20N4O5/c1-4-11(2)20-15(9-10-18-20)19-16(22)12(3)26-17(23)13-5-7-14(8-6-13)21(24)25/h5-12H,4H2,1-3H3,(H,19,22)/t11-,12-/m1/s1. The number of nitrogens with one attached hydrogen (secondary N) is 1. The summed E-state index contributed by atoms with van der Waals surface area (Å²) in [5.74, 6) is -0.717. The summed E-state index contributed by atoms with van der Waals surface area (Å²) in [5.41, 5.74) is -0.00876. The van der Waals surface area contributed by atoms with Crippen LogP contribution in [-0.4, -0.2) is 32.7 Å². The fourth-order valence-electron chi connectivity index (χ4n) is 2.17. The van der Waals surface area contributed by atoms with Gasteiger partial charge in [-0.15, -0.1) is 0 Å². The molecule has 0 saturated heterocycles. The molecule has 0 unspecified atom stereocenters. The van der Waals surface area contributed by atoms with Crippen molar-refractivity contribution in [3.63, 3.8) is 0 Å². The zero-order valence-electron chi connectivity index (χ0n) is 14.7. The fourth-order valence-corrected chi connectivity index (χ4v) is 2.17. The third kappa shape index (κ3) is 4.44. The zero-order valence-corrected chi connectivity index (χ0v) is 14.7. The Hall–Kier alpha value is -3.23. The summed E-state index contributed by atoms with van der Waals surface area (Å²) in [5, 5.41) is 17.5. The van der Waals surface area contributed by atoms with Gasteiger partial charge in [-0.1, -0.05) is 6.92 Å². The Kier molecular flexibility index (Phi) is 6.05. The highest BCUT2D eigenvalue weighted by atomic mass is 16.6. The lowest BCUT2D eigenvalue weighted by Gasteiger charge is -2.17. The average molecular weight is 360 g/mol. The summed E-state index contributed by atoms with van der Waals surface area (Å²) < 4.78 is 6.81. The Morgan fingerprint density at radius 1 is 1.27 bits per heavy atom. The number of hydrogen-bond acceptors (Lipinski definition) is 6. The van der Waals surface area contributed by atoms with Crippen molar-refractivity contribution in [2.75, 3.05) is 5.32 Å². The lowest BCUT2D eigenvalue weighted by atomic mass is 10.2. The highest BCUT2D eigenvalue weighted by Crippen LogP contribution is 2.17. The molecule has 0 aliphatic rings. The van der Waals surface area contributed by atoms with Crippen LogP contribution in [0.15, 0.2) is 36.5 Å². The van der Waals surface area contributed by atoms with Crippen molar-refractivity contribution in [3.05, 3.63) is 52.2 Å². The van der Waals surface area contributed by atoms with Crippen LogP contribution in [0.25, 0.3) is 0 Å². The lowest BCUT2D eigenvalue weighted by molar-refractivity contribution is -0.384. The summed E-state index contributed by atoms with van der Waals surface area (Å²) in [6.07, 6.45) is 1.38. The van der Waals surface area contributed by atoms with Crippen molar-refractivity contribution in [2.45, 2.75) is 39.3 Å². The number of benzene rings is 1. The third-order valence-electron chi connectivity index (χ3n) is 3.90. The summed E-state index contributed by atoms with van der Waals surface area (Å²) in [6.45, 7) is 5.43. The second-order valence-corrected chi connectivity index (χ2v) is 5.76. The molecule has 1 amide bonds. The molecule has 9 heteroatoms. The largest absolute Gasteiger partial charge is 0.449 e. The molecule has 2 rings (SSSR count). The predicted octanol–water partition coefficient (Wildman–Crippen LogP) is 2.95. The predicted molar refractivity (Wildman–Crippen MR) is 93.8 cm³/mol. The average Bonchev–Trinajstić information content (AvgIpc) is 3.09. The summed E-state index contributed by atoms with van der Waals surface area (Å²) in [4.78, 5) is 34.4. The molecule has 1 heterocycles. The number of nitro benzene ring substituents is 1. The highest BCUT2D eigenvalue weighted by Gasteiger charge is 2.21. The topological polar surface area (TPSA) is 116 Å². The van der Waals surface area contributed by atoms with E-state index in [0.717, 1.165) is 6.42 Å². The molecule has 0 saturated carbocycles. The molecule has 1 aromatic carbocycles. The van der Waals surface area contributed by atoms with E-state index in [1.165, 1.54) is 31.2 Å². The first kappa shape index (κ1) is 19.1. The molecule has 0 bridgehead atoms. The van der Waals surface area contributed by atoms with Gasteiger partial charge in [0.25, 0.3) is 11.6 Å². The van der Waals surface area contributed by atoms with E-state index in [-0.39, 0.29) is 17.3 Å². The summed E-state index contributed by atoms with van der Waals surface area (Å²) >= 11 is 0. The normalized spacial score (nSPS) is 12.9. The number of anilines is 1. The molecule has 1 N–H and O–H groups in total. The number of hydrogen-bond donors (Lipinski definition) is 1. The fraction of sp³-hybridized carbons (Fsp3) is 0.353. The van der Waals surface area contributed by atoms with Gasteiger partial charge in [0.2, 0.25) is 0 Å². The number of rotatable bonds is 7. The van der Waals surface area contributed by atoms with E-state index in [1.54, 1.807) is 16.9 Å². The van der Waals surface area contributed by atoms with E-state index in [9.17, 15) is 19.7 Å². The van der Waals surface area contributed by atoms with Crippen LogP contribution in [-0.2, 0) is 9.53 Å². The minimum absolute atomic E-state index is 0.110. The van der Waals surface area contributed by atoms with Crippen LogP contribution >= 0.6 is 0 Å². The molecule has 2 aromatic rings. The Labute approximate surface area is 150 Å². The number of amides is 1. The van der Waals surface area contributed by atoms with Gasteiger partial charge in [0.15, 0.2) is 6.10 Å². The van der Waals surface area contributed by atoms with E-state index < -0.39 is 22.9 Å². The number of esters is 1. The maximum Gasteiger partial charge on any atom is 0.338 e. The molecule has 1 aromatic heterocycles. The highest BCUT2D eigenvalue weighted by molar-refractivity contribution is 5.96. The summed E-state index contributed by atoms with van der Waals surface area (Å²) in [7, 11) is 0. The Morgan fingerprint density at radius 3 is 2.50 bits per heavy atom. The van der Waals surface area contributed by atoms with Crippen LogP contribution in [0.2, 0.25) is 0 Å². The quantitative estimate of drug-likeness (QED) is 0.461. The van der Waals surface area contributed by atoms with Gasteiger partial charge < -0.3 is 10.1 Å². The Bertz CT molecular complexity index is 800. The van der Waals surface area contributed by atoms with Gasteiger partial charge in [0, 0.05) is 18.2 Å². The zero-order chi connectivity index (χ0) is 19.3. The number of nitro groups is 1. The molecule has 26 heavy (non-hydrogen) atoms. The molecule has 0 radical (unpaired) electrons. The number of carbonyl (C=O) groups excluding carboxylic acids is 2. The number of ether oxygens (including phenoxy) is 1. The lowest BCUT2D eigenvalue weighted by Crippen LogP contribution is -2.31. The van der Waals surface area contributed by atoms with E-state index in [0.29, 0.717) is 5.82 Å². The molecule has 0 aliphatic carbocycles. The molecule has 9 nitrogen and oxygen atoms in total. The first-order valence-corrected chi connectivity index (χ1v) is 8.13. The SMILES string of the molecule is CC[C@@H](C)n1nccc1NC(=O)[C@@H](C)OC(=O)c1ccc([N+](=O)[O-])cc1. The number of carbonyl (C=O) groups is 2. The molecular formula is C17H20N4O5. The maximum absolute atomic E-state index is 12.3. The molecule has 0 fully saturated rings. The molecular weight excluding hydrogens is 340 g/mol. The van der Waals surface area contributed by atoms with E-state index >= 15 is 0 Å². The van der Waals surface area contributed by atoms with Crippen molar-refractivity contribution in [1.82, 2.24) is 9.78 Å². The minimum atomic E-state index is -1.04. The molecule has 0 spiro atoms. The minimum Gasteiger partial charge on any atom is -0.449 e. The summed E-state index contributed by atoms with van der Waals surface area (Å²) in [6, 6.07) is 6.73. The van der Waals surface area contributed by atoms with E-state index in [4.69, 9.17) is 4.74 Å². The van der Waals surface area contributed by atoms with Crippen molar-refractivity contribution in [1.29, 1.82) is 0 Å². The first-order chi connectivity index (χ1) is 12.3. The van der Waals surface area contributed by atoms with Crippen molar-refractivity contribution in [3.8, 4) is 0 Å². The van der Waals surface area contributed by atoms with Gasteiger partial charge in [-0.25, -0.2) is 9.48 Å². The van der Waals surface area contributed by atoms with Crippen LogP contribution < -0.4 is 5.32 Å². The van der Waals surface area contributed by atoms with Gasteiger partial charge in [-0.3, -0.25) is 14.9 Å².